The number of rotatable bonds is 4. The molecule has 3 heterocycles. The summed E-state index contributed by atoms with van der Waals surface area (Å²) in [5, 5.41) is 0.833. The predicted molar refractivity (Wildman–Crippen MR) is 115 cm³/mol. The summed E-state index contributed by atoms with van der Waals surface area (Å²) in [7, 11) is 1.61. The highest BCUT2D eigenvalue weighted by Gasteiger charge is 2.21. The van der Waals surface area contributed by atoms with Gasteiger partial charge >= 0.3 is 0 Å². The van der Waals surface area contributed by atoms with Gasteiger partial charge in [-0.15, -0.1) is 0 Å². The Bertz CT molecular complexity index is 1380. The third-order valence-corrected chi connectivity index (χ3v) is 5.27. The third kappa shape index (κ3) is 3.98. The fourth-order valence-electron chi connectivity index (χ4n) is 3.65. The van der Waals surface area contributed by atoms with E-state index in [9.17, 15) is 13.6 Å². The zero-order valence-electron chi connectivity index (χ0n) is 16.8. The summed E-state index contributed by atoms with van der Waals surface area (Å²) in [6.07, 6.45) is 5.17. The van der Waals surface area contributed by atoms with Crippen LogP contribution in [0.3, 0.4) is 0 Å². The maximum absolute atomic E-state index is 14.6. The van der Waals surface area contributed by atoms with Gasteiger partial charge in [0.1, 0.15) is 17.3 Å². The van der Waals surface area contributed by atoms with Crippen LogP contribution in [0.15, 0.2) is 59.8 Å². The predicted octanol–water partition coefficient (Wildman–Crippen LogP) is 3.57. The van der Waals surface area contributed by atoms with E-state index in [-0.39, 0.29) is 24.1 Å². The van der Waals surface area contributed by atoms with Crippen molar-refractivity contribution in [1.82, 2.24) is 14.5 Å². The number of nitrogens with one attached hydrogen (secondary N) is 1. The number of aryl methyl sites for hydroxylation is 1. The van der Waals surface area contributed by atoms with E-state index in [1.54, 1.807) is 37.8 Å². The molecule has 4 rings (SSSR count). The molecule has 1 atom stereocenters. The Morgan fingerprint density at radius 2 is 2.06 bits per heavy atom. The molecule has 3 N–H and O–H groups in total. The molecule has 0 aliphatic carbocycles. The Morgan fingerprint density at radius 3 is 2.87 bits per heavy atom. The molecule has 0 saturated heterocycles. The molecule has 0 aliphatic rings. The molecule has 0 spiro atoms. The minimum atomic E-state index is -0.729. The van der Waals surface area contributed by atoms with Crippen LogP contribution >= 0.6 is 0 Å². The SMILES string of the molecule is Cn1cccc(C(CC#Cc2c(CN)cnc3[nH]ccc23)c2cc(F)ccc2F)c1=O. The molecule has 3 aromatic heterocycles. The molecular formula is C24H20F2N4O. The van der Waals surface area contributed by atoms with Gasteiger partial charge in [-0.1, -0.05) is 17.9 Å². The molecule has 5 nitrogen and oxygen atoms in total. The highest BCUT2D eigenvalue weighted by molar-refractivity contribution is 5.83. The molecule has 0 aliphatic heterocycles. The average molecular weight is 418 g/mol. The summed E-state index contributed by atoms with van der Waals surface area (Å²) in [5.41, 5.74) is 8.21. The molecule has 7 heteroatoms. The second-order valence-corrected chi connectivity index (χ2v) is 7.21. The lowest BCUT2D eigenvalue weighted by atomic mass is 9.88. The molecule has 0 radical (unpaired) electrons. The Balaban J connectivity index is 1.81. The summed E-state index contributed by atoms with van der Waals surface area (Å²) in [5.74, 6) is 4.29. The number of nitrogens with zero attached hydrogens (tertiary/aromatic N) is 2. The number of hydrogen-bond donors (Lipinski definition) is 2. The van der Waals surface area contributed by atoms with E-state index in [2.05, 4.69) is 21.8 Å². The fourth-order valence-corrected chi connectivity index (χ4v) is 3.65. The van der Waals surface area contributed by atoms with Crippen LogP contribution in [0.1, 0.15) is 34.6 Å². The molecule has 31 heavy (non-hydrogen) atoms. The smallest absolute Gasteiger partial charge is 0.254 e. The van der Waals surface area contributed by atoms with E-state index in [1.807, 2.05) is 6.07 Å². The summed E-state index contributed by atoms with van der Waals surface area (Å²) >= 11 is 0. The Morgan fingerprint density at radius 1 is 1.23 bits per heavy atom. The number of halogens is 2. The number of aromatic amines is 1. The molecule has 0 amide bonds. The lowest BCUT2D eigenvalue weighted by Crippen LogP contribution is -2.23. The van der Waals surface area contributed by atoms with Gasteiger partial charge in [0.15, 0.2) is 0 Å². The molecule has 0 saturated carbocycles. The molecule has 1 aromatic carbocycles. The van der Waals surface area contributed by atoms with E-state index in [0.717, 1.165) is 34.7 Å². The number of nitrogens with two attached hydrogens (primary N) is 1. The molecule has 0 bridgehead atoms. The van der Waals surface area contributed by atoms with Crippen molar-refractivity contribution >= 4 is 11.0 Å². The molecule has 4 aromatic rings. The van der Waals surface area contributed by atoms with E-state index >= 15 is 0 Å². The largest absolute Gasteiger partial charge is 0.346 e. The van der Waals surface area contributed by atoms with Gasteiger partial charge in [0.25, 0.3) is 5.56 Å². The second-order valence-electron chi connectivity index (χ2n) is 7.21. The van der Waals surface area contributed by atoms with Crippen molar-refractivity contribution in [2.45, 2.75) is 18.9 Å². The van der Waals surface area contributed by atoms with Crippen molar-refractivity contribution in [2.24, 2.45) is 12.8 Å². The average Bonchev–Trinajstić information content (AvgIpc) is 3.24. The first-order valence-corrected chi connectivity index (χ1v) is 9.74. The monoisotopic (exact) mass is 418 g/mol. The number of H-pyrrole nitrogens is 1. The van der Waals surface area contributed by atoms with Gasteiger partial charge in [0.2, 0.25) is 0 Å². The molecular weight excluding hydrogens is 398 g/mol. The molecule has 1 unspecified atom stereocenters. The molecule has 0 fully saturated rings. The fraction of sp³-hybridized carbons (Fsp3) is 0.167. The van der Waals surface area contributed by atoms with Crippen LogP contribution in [0.2, 0.25) is 0 Å². The van der Waals surface area contributed by atoms with Crippen LogP contribution in [0.4, 0.5) is 8.78 Å². The van der Waals surface area contributed by atoms with Gasteiger partial charge in [0, 0.05) is 66.6 Å². The summed E-state index contributed by atoms with van der Waals surface area (Å²) in [4.78, 5) is 20.1. The number of fused-ring (bicyclic) bond motifs is 1. The van der Waals surface area contributed by atoms with Crippen molar-refractivity contribution in [3.63, 3.8) is 0 Å². The Labute approximate surface area is 177 Å². The number of pyridine rings is 2. The number of hydrogen-bond acceptors (Lipinski definition) is 3. The zero-order chi connectivity index (χ0) is 22.0. The Kier molecular flexibility index (Phi) is 5.65. The first-order valence-electron chi connectivity index (χ1n) is 9.74. The van der Waals surface area contributed by atoms with Gasteiger partial charge in [-0.3, -0.25) is 4.79 Å². The quantitative estimate of drug-likeness (QED) is 0.498. The third-order valence-electron chi connectivity index (χ3n) is 5.27. The van der Waals surface area contributed by atoms with Gasteiger partial charge in [-0.2, -0.15) is 0 Å². The zero-order valence-corrected chi connectivity index (χ0v) is 16.8. The van der Waals surface area contributed by atoms with Crippen LogP contribution < -0.4 is 11.3 Å². The van der Waals surface area contributed by atoms with Crippen LogP contribution in [0.5, 0.6) is 0 Å². The maximum atomic E-state index is 14.6. The first kappa shape index (κ1) is 20.5. The summed E-state index contributed by atoms with van der Waals surface area (Å²) in [6.45, 7) is 0.263. The summed E-state index contributed by atoms with van der Waals surface area (Å²) < 4.78 is 29.9. The van der Waals surface area contributed by atoms with E-state index in [0.29, 0.717) is 11.2 Å². The van der Waals surface area contributed by atoms with Crippen LogP contribution in [0, 0.1) is 23.5 Å². The van der Waals surface area contributed by atoms with Gasteiger partial charge in [-0.05, 0) is 35.9 Å². The van der Waals surface area contributed by atoms with Gasteiger partial charge in [0.05, 0.1) is 0 Å². The first-order chi connectivity index (χ1) is 15.0. The van der Waals surface area contributed by atoms with Crippen LogP contribution in [-0.2, 0) is 13.6 Å². The standard InChI is InChI=1S/C24H20F2N4O/c1-30-11-3-6-20(24(30)31)18(21-12-16(25)7-8-22(21)26)5-2-4-17-15(13-27)14-29-23-19(17)9-10-28-23/h3,6-12,14,18H,5,13,27H2,1H3,(H,28,29). The van der Waals surface area contributed by atoms with Gasteiger partial charge < -0.3 is 15.3 Å². The lowest BCUT2D eigenvalue weighted by Gasteiger charge is -2.16. The number of benzene rings is 1. The van der Waals surface area contributed by atoms with Crippen molar-refractivity contribution in [3.05, 3.63) is 99.2 Å². The highest BCUT2D eigenvalue weighted by atomic mass is 19.1. The van der Waals surface area contributed by atoms with Crippen molar-refractivity contribution in [2.75, 3.05) is 0 Å². The van der Waals surface area contributed by atoms with E-state index in [4.69, 9.17) is 5.73 Å². The topological polar surface area (TPSA) is 76.7 Å². The Hall–Kier alpha value is -3.76. The van der Waals surface area contributed by atoms with Crippen LogP contribution in [0.25, 0.3) is 11.0 Å². The van der Waals surface area contributed by atoms with Gasteiger partial charge in [-0.25, -0.2) is 13.8 Å². The van der Waals surface area contributed by atoms with Crippen molar-refractivity contribution < 1.29 is 8.78 Å². The van der Waals surface area contributed by atoms with Crippen molar-refractivity contribution in [3.8, 4) is 11.8 Å². The summed E-state index contributed by atoms with van der Waals surface area (Å²) in [6, 6.07) is 8.43. The van der Waals surface area contributed by atoms with Crippen LogP contribution in [-0.4, -0.2) is 14.5 Å². The highest BCUT2D eigenvalue weighted by Crippen LogP contribution is 2.29. The number of aromatic nitrogens is 3. The lowest BCUT2D eigenvalue weighted by molar-refractivity contribution is 0.574. The van der Waals surface area contributed by atoms with Crippen molar-refractivity contribution in [1.29, 1.82) is 0 Å². The minimum Gasteiger partial charge on any atom is -0.346 e. The van der Waals surface area contributed by atoms with E-state index < -0.39 is 17.6 Å². The molecule has 156 valence electrons. The maximum Gasteiger partial charge on any atom is 0.254 e. The van der Waals surface area contributed by atoms with E-state index in [1.165, 1.54) is 4.57 Å². The normalized spacial score (nSPS) is 11.9. The minimum absolute atomic E-state index is 0.0955. The second kappa shape index (κ2) is 8.54.